The third-order valence-corrected chi connectivity index (χ3v) is 5.62. The Hall–Kier alpha value is -3.71. The number of aryl methyl sites for hydroxylation is 1. The summed E-state index contributed by atoms with van der Waals surface area (Å²) in [4.78, 5) is 23.8. The number of nitrogens with zero attached hydrogens (tertiary/aromatic N) is 3. The fourth-order valence-electron chi connectivity index (χ4n) is 4.16. The average molecular weight is 413 g/mol. The van der Waals surface area contributed by atoms with Gasteiger partial charge in [0.25, 0.3) is 5.91 Å². The number of carbonyl (C=O) groups excluding carboxylic acids is 1. The van der Waals surface area contributed by atoms with E-state index in [0.29, 0.717) is 29.3 Å². The molecular weight excluding hydrogens is 390 g/mol. The Morgan fingerprint density at radius 2 is 1.94 bits per heavy atom. The maximum absolute atomic E-state index is 11.9. The summed E-state index contributed by atoms with van der Waals surface area (Å²) in [6, 6.07) is 15.6. The van der Waals surface area contributed by atoms with Crippen molar-refractivity contribution in [1.29, 1.82) is 0 Å². The van der Waals surface area contributed by atoms with Gasteiger partial charge in [-0.25, -0.2) is 9.97 Å². The number of furan rings is 1. The molecule has 0 fully saturated rings. The lowest BCUT2D eigenvalue weighted by Crippen LogP contribution is -2.10. The number of aromatic nitrogens is 2. The third kappa shape index (κ3) is 3.43. The van der Waals surface area contributed by atoms with E-state index in [0.717, 1.165) is 41.1 Å². The van der Waals surface area contributed by atoms with Crippen molar-refractivity contribution in [2.75, 3.05) is 12.4 Å². The first-order valence-corrected chi connectivity index (χ1v) is 10.2. The van der Waals surface area contributed by atoms with Gasteiger partial charge >= 0.3 is 0 Å². The summed E-state index contributed by atoms with van der Waals surface area (Å²) < 4.78 is 5.94. The lowest BCUT2D eigenvalue weighted by Gasteiger charge is -2.12. The third-order valence-electron chi connectivity index (χ3n) is 5.62. The number of nitrogens with two attached hydrogens (primary N) is 1. The maximum atomic E-state index is 11.9. The Morgan fingerprint density at radius 3 is 2.71 bits per heavy atom. The van der Waals surface area contributed by atoms with Gasteiger partial charge in [0, 0.05) is 30.6 Å². The first-order valence-electron chi connectivity index (χ1n) is 10.2. The Kier molecular flexibility index (Phi) is 4.67. The molecule has 0 aliphatic carbocycles. The van der Waals surface area contributed by atoms with Gasteiger partial charge in [-0.3, -0.25) is 9.69 Å². The Bertz CT molecular complexity index is 1300. The van der Waals surface area contributed by atoms with Crippen LogP contribution in [-0.4, -0.2) is 27.8 Å². The SMILES string of the molecule is Cc1oc2c(C(N)=O)cccc2c1-c1nc2c(c(NCc3ccccc3)n1)CN(C)C2. The molecule has 31 heavy (non-hydrogen) atoms. The standard InChI is InChI=1S/C24H23N5O2/c1-14-20(16-9-6-10-17(22(25)30)21(16)31-14)24-27-19-13-29(2)12-18(19)23(28-24)26-11-15-7-4-3-5-8-15/h3-10H,11-13H2,1-2H3,(H2,25,30)(H,26,27,28). The topological polar surface area (TPSA) is 97.3 Å². The monoisotopic (exact) mass is 413 g/mol. The number of nitrogens with one attached hydrogen (secondary N) is 1. The van der Waals surface area contributed by atoms with Crippen molar-refractivity contribution in [1.82, 2.24) is 14.9 Å². The van der Waals surface area contributed by atoms with Gasteiger partial charge in [0.05, 0.1) is 16.8 Å². The number of rotatable bonds is 5. The number of primary amides is 1. The molecule has 0 saturated heterocycles. The molecule has 0 spiro atoms. The molecule has 0 radical (unpaired) electrons. The van der Waals surface area contributed by atoms with E-state index in [-0.39, 0.29) is 0 Å². The minimum Gasteiger partial charge on any atom is -0.460 e. The number of anilines is 1. The second-order valence-electron chi connectivity index (χ2n) is 7.91. The van der Waals surface area contributed by atoms with Crippen LogP contribution < -0.4 is 11.1 Å². The van der Waals surface area contributed by atoms with Crippen molar-refractivity contribution in [2.45, 2.75) is 26.6 Å². The van der Waals surface area contributed by atoms with Crippen molar-refractivity contribution in [3.05, 3.63) is 76.7 Å². The highest BCUT2D eigenvalue weighted by molar-refractivity contribution is 6.07. The summed E-state index contributed by atoms with van der Waals surface area (Å²) >= 11 is 0. The van der Waals surface area contributed by atoms with Crippen molar-refractivity contribution in [3.8, 4) is 11.4 Å². The highest BCUT2D eigenvalue weighted by Crippen LogP contribution is 2.37. The summed E-state index contributed by atoms with van der Waals surface area (Å²) in [6.07, 6.45) is 0. The average Bonchev–Trinajstić information content (AvgIpc) is 3.30. The maximum Gasteiger partial charge on any atom is 0.252 e. The fraction of sp³-hybridized carbons (Fsp3) is 0.208. The van der Waals surface area contributed by atoms with Crippen molar-refractivity contribution in [3.63, 3.8) is 0 Å². The van der Waals surface area contributed by atoms with Crippen LogP contribution in [0.5, 0.6) is 0 Å². The van der Waals surface area contributed by atoms with Gasteiger partial charge in [-0.15, -0.1) is 0 Å². The number of hydrogen-bond donors (Lipinski definition) is 2. The molecule has 4 aromatic rings. The van der Waals surface area contributed by atoms with Crippen molar-refractivity contribution < 1.29 is 9.21 Å². The van der Waals surface area contributed by atoms with E-state index >= 15 is 0 Å². The summed E-state index contributed by atoms with van der Waals surface area (Å²) in [5, 5.41) is 4.29. The molecule has 1 aliphatic rings. The van der Waals surface area contributed by atoms with Crippen LogP contribution in [0, 0.1) is 6.92 Å². The van der Waals surface area contributed by atoms with Gasteiger partial charge < -0.3 is 15.5 Å². The van der Waals surface area contributed by atoms with Gasteiger partial charge in [0.1, 0.15) is 17.2 Å². The molecule has 156 valence electrons. The van der Waals surface area contributed by atoms with E-state index in [1.807, 2.05) is 31.2 Å². The van der Waals surface area contributed by atoms with Crippen LogP contribution in [0.2, 0.25) is 0 Å². The Morgan fingerprint density at radius 1 is 1.13 bits per heavy atom. The van der Waals surface area contributed by atoms with E-state index in [2.05, 4.69) is 29.4 Å². The van der Waals surface area contributed by atoms with Crippen LogP contribution in [0.25, 0.3) is 22.4 Å². The van der Waals surface area contributed by atoms with Crippen molar-refractivity contribution >= 4 is 22.7 Å². The number of benzene rings is 2. The first kappa shape index (κ1) is 19.3. The normalized spacial score (nSPS) is 13.5. The molecule has 1 amide bonds. The number of hydrogen-bond acceptors (Lipinski definition) is 6. The van der Waals surface area contributed by atoms with Crippen LogP contribution >= 0.6 is 0 Å². The highest BCUT2D eigenvalue weighted by Gasteiger charge is 2.26. The van der Waals surface area contributed by atoms with E-state index in [9.17, 15) is 4.79 Å². The molecule has 0 bridgehead atoms. The minimum absolute atomic E-state index is 0.357. The van der Waals surface area contributed by atoms with Gasteiger partial charge in [-0.2, -0.15) is 0 Å². The number of para-hydroxylation sites is 1. The molecule has 5 rings (SSSR count). The van der Waals surface area contributed by atoms with E-state index in [1.54, 1.807) is 12.1 Å². The first-order chi connectivity index (χ1) is 15.0. The summed E-state index contributed by atoms with van der Waals surface area (Å²) in [5.74, 6) is 1.55. The molecule has 0 unspecified atom stereocenters. The molecule has 3 N–H and O–H groups in total. The van der Waals surface area contributed by atoms with Crippen LogP contribution in [0.3, 0.4) is 0 Å². The summed E-state index contributed by atoms with van der Waals surface area (Å²) in [6.45, 7) is 4.08. The quantitative estimate of drug-likeness (QED) is 0.516. The van der Waals surface area contributed by atoms with Crippen LogP contribution in [0.1, 0.15) is 32.9 Å². The molecule has 3 heterocycles. The van der Waals surface area contributed by atoms with Crippen LogP contribution in [-0.2, 0) is 19.6 Å². The van der Waals surface area contributed by atoms with E-state index < -0.39 is 5.91 Å². The zero-order chi connectivity index (χ0) is 21.5. The second kappa shape index (κ2) is 7.52. The predicted octanol–water partition coefficient (Wildman–Crippen LogP) is 3.85. The molecular formula is C24H23N5O2. The van der Waals surface area contributed by atoms with E-state index in [1.165, 1.54) is 5.56 Å². The molecule has 1 aliphatic heterocycles. The van der Waals surface area contributed by atoms with Crippen LogP contribution in [0.4, 0.5) is 5.82 Å². The zero-order valence-electron chi connectivity index (χ0n) is 17.5. The van der Waals surface area contributed by atoms with Crippen molar-refractivity contribution in [2.24, 2.45) is 5.73 Å². The van der Waals surface area contributed by atoms with E-state index in [4.69, 9.17) is 20.1 Å². The van der Waals surface area contributed by atoms with Gasteiger partial charge in [0.15, 0.2) is 5.82 Å². The van der Waals surface area contributed by atoms with Gasteiger partial charge in [-0.1, -0.05) is 42.5 Å². The zero-order valence-corrected chi connectivity index (χ0v) is 17.5. The van der Waals surface area contributed by atoms with Gasteiger partial charge in [-0.05, 0) is 25.6 Å². The number of fused-ring (bicyclic) bond motifs is 2. The Labute approximate surface area is 179 Å². The highest BCUT2D eigenvalue weighted by atomic mass is 16.3. The lowest BCUT2D eigenvalue weighted by atomic mass is 10.1. The van der Waals surface area contributed by atoms with Crippen LogP contribution in [0.15, 0.2) is 52.9 Å². The molecule has 2 aromatic carbocycles. The summed E-state index contributed by atoms with van der Waals surface area (Å²) in [5.41, 5.74) is 10.5. The molecule has 2 aromatic heterocycles. The second-order valence-corrected chi connectivity index (χ2v) is 7.91. The van der Waals surface area contributed by atoms with Gasteiger partial charge in [0.2, 0.25) is 0 Å². The molecule has 0 atom stereocenters. The summed E-state index contributed by atoms with van der Waals surface area (Å²) in [7, 11) is 2.07. The Balaban J connectivity index is 1.62. The molecule has 0 saturated carbocycles. The predicted molar refractivity (Wildman–Crippen MR) is 119 cm³/mol. The number of carbonyl (C=O) groups is 1. The molecule has 7 nitrogen and oxygen atoms in total. The lowest BCUT2D eigenvalue weighted by molar-refractivity contribution is 0.100. The minimum atomic E-state index is -0.521. The fourth-order valence-corrected chi connectivity index (χ4v) is 4.16. The largest absolute Gasteiger partial charge is 0.460 e. The number of amides is 1. The smallest absolute Gasteiger partial charge is 0.252 e. The molecule has 7 heteroatoms.